The number of rotatable bonds is 6. The first-order valence-corrected chi connectivity index (χ1v) is 7.74. The van der Waals surface area contributed by atoms with Gasteiger partial charge in [0.2, 0.25) is 0 Å². The Labute approximate surface area is 118 Å². The van der Waals surface area contributed by atoms with Crippen molar-refractivity contribution in [3.8, 4) is 0 Å². The van der Waals surface area contributed by atoms with Crippen molar-refractivity contribution in [3.63, 3.8) is 0 Å². The lowest BCUT2D eigenvalue weighted by atomic mass is 9.91. The lowest BCUT2D eigenvalue weighted by Gasteiger charge is -2.38. The zero-order chi connectivity index (χ0) is 13.2. The van der Waals surface area contributed by atoms with Gasteiger partial charge >= 0.3 is 0 Å². The Morgan fingerprint density at radius 3 is 2.74 bits per heavy atom. The Bertz CT molecular complexity index is 494. The van der Waals surface area contributed by atoms with Crippen molar-refractivity contribution in [1.29, 1.82) is 0 Å². The Hall–Kier alpha value is -1.03. The molecule has 2 saturated carbocycles. The molecule has 2 aliphatic rings. The first-order chi connectivity index (χ1) is 9.31. The number of anilines is 1. The third kappa shape index (κ3) is 2.64. The monoisotopic (exact) mass is 281 g/mol. The van der Waals surface area contributed by atoms with Gasteiger partial charge in [-0.2, -0.15) is 0 Å². The van der Waals surface area contributed by atoms with Crippen LogP contribution in [0.25, 0.3) is 0 Å². The summed E-state index contributed by atoms with van der Waals surface area (Å²) in [6.45, 7) is 0.838. The summed E-state index contributed by atoms with van der Waals surface area (Å²) in [6, 6.07) is 0.893. The van der Waals surface area contributed by atoms with E-state index in [1.807, 2.05) is 10.8 Å². The molecule has 0 radical (unpaired) electrons. The Morgan fingerprint density at radius 1 is 1.37 bits per heavy atom. The summed E-state index contributed by atoms with van der Waals surface area (Å²) < 4.78 is 1.86. The van der Waals surface area contributed by atoms with Crippen LogP contribution in [0.2, 0.25) is 0 Å². The summed E-state index contributed by atoms with van der Waals surface area (Å²) in [6.07, 6.45) is 10.3. The molecule has 5 heteroatoms. The van der Waals surface area contributed by atoms with Gasteiger partial charge in [0, 0.05) is 36.9 Å². The highest BCUT2D eigenvalue weighted by molar-refractivity contribution is 6.17. The number of aromatic nitrogens is 2. The lowest BCUT2D eigenvalue weighted by molar-refractivity contribution is 0.382. The average Bonchev–Trinajstić information content (AvgIpc) is 3.17. The van der Waals surface area contributed by atoms with Gasteiger partial charge in [-0.15, -0.1) is 11.6 Å². The van der Waals surface area contributed by atoms with Gasteiger partial charge in [0.25, 0.3) is 5.56 Å². The summed E-state index contributed by atoms with van der Waals surface area (Å²) in [5.41, 5.74) is 0.0754. The number of nitrogens with zero attached hydrogens (tertiary/aromatic N) is 3. The van der Waals surface area contributed by atoms with Gasteiger partial charge in [0.15, 0.2) is 5.82 Å². The van der Waals surface area contributed by atoms with Crippen LogP contribution in [0.1, 0.15) is 44.6 Å². The minimum absolute atomic E-state index is 0.0754. The van der Waals surface area contributed by atoms with E-state index in [0.29, 0.717) is 23.8 Å². The number of halogens is 1. The van der Waals surface area contributed by atoms with Gasteiger partial charge in [-0.1, -0.05) is 0 Å². The van der Waals surface area contributed by atoms with Gasteiger partial charge in [-0.05, 0) is 38.5 Å². The van der Waals surface area contributed by atoms with Crippen LogP contribution in [0, 0.1) is 0 Å². The fraction of sp³-hybridized carbons (Fsp3) is 0.714. The molecule has 1 aromatic heterocycles. The summed E-state index contributed by atoms with van der Waals surface area (Å²) in [4.78, 5) is 19.1. The maximum absolute atomic E-state index is 12.5. The molecule has 0 aliphatic heterocycles. The van der Waals surface area contributed by atoms with Crippen LogP contribution in [-0.4, -0.2) is 28.0 Å². The smallest absolute Gasteiger partial charge is 0.293 e. The number of hydrogen-bond donors (Lipinski definition) is 0. The predicted octanol–water partition coefficient (Wildman–Crippen LogP) is 2.57. The summed E-state index contributed by atoms with van der Waals surface area (Å²) in [5, 5.41) is 0. The zero-order valence-electron chi connectivity index (χ0n) is 11.1. The third-order valence-corrected chi connectivity index (χ3v) is 4.38. The van der Waals surface area contributed by atoms with E-state index >= 15 is 0 Å². The van der Waals surface area contributed by atoms with E-state index in [4.69, 9.17) is 11.6 Å². The van der Waals surface area contributed by atoms with Crippen LogP contribution in [0.3, 0.4) is 0 Å². The van der Waals surface area contributed by atoms with E-state index in [0.717, 1.165) is 25.8 Å². The molecular formula is C14H20ClN3O. The van der Waals surface area contributed by atoms with Crippen molar-refractivity contribution in [2.75, 3.05) is 17.3 Å². The Morgan fingerprint density at radius 2 is 2.16 bits per heavy atom. The highest BCUT2D eigenvalue weighted by atomic mass is 35.5. The summed E-state index contributed by atoms with van der Waals surface area (Å²) in [7, 11) is 0. The quantitative estimate of drug-likeness (QED) is 0.752. The van der Waals surface area contributed by atoms with Crippen LogP contribution < -0.4 is 10.5 Å². The molecule has 0 bridgehead atoms. The van der Waals surface area contributed by atoms with Crippen molar-refractivity contribution in [1.82, 2.24) is 9.55 Å². The molecule has 1 heterocycles. The highest BCUT2D eigenvalue weighted by Crippen LogP contribution is 2.34. The molecule has 0 unspecified atom stereocenters. The van der Waals surface area contributed by atoms with Crippen molar-refractivity contribution in [2.45, 2.75) is 50.6 Å². The topological polar surface area (TPSA) is 38.1 Å². The lowest BCUT2D eigenvalue weighted by Crippen LogP contribution is -2.45. The average molecular weight is 282 g/mol. The molecule has 2 fully saturated rings. The normalized spacial score (nSPS) is 19.2. The van der Waals surface area contributed by atoms with Crippen molar-refractivity contribution in [2.24, 2.45) is 0 Å². The van der Waals surface area contributed by atoms with Gasteiger partial charge in [0.05, 0.1) is 0 Å². The molecule has 0 amide bonds. The van der Waals surface area contributed by atoms with Gasteiger partial charge in [-0.3, -0.25) is 4.79 Å². The molecule has 0 atom stereocenters. The first kappa shape index (κ1) is 13.0. The minimum atomic E-state index is 0.0754. The molecule has 0 aromatic carbocycles. The molecule has 2 aliphatic carbocycles. The molecule has 0 N–H and O–H groups in total. The molecule has 4 nitrogen and oxygen atoms in total. The first-order valence-electron chi connectivity index (χ1n) is 7.21. The fourth-order valence-electron chi connectivity index (χ4n) is 2.64. The summed E-state index contributed by atoms with van der Waals surface area (Å²) >= 11 is 5.80. The van der Waals surface area contributed by atoms with Crippen molar-refractivity contribution in [3.05, 3.63) is 22.7 Å². The molecule has 0 spiro atoms. The second kappa shape index (κ2) is 5.53. The van der Waals surface area contributed by atoms with Crippen LogP contribution in [0.4, 0.5) is 5.82 Å². The van der Waals surface area contributed by atoms with E-state index in [-0.39, 0.29) is 5.56 Å². The fourth-order valence-corrected chi connectivity index (χ4v) is 2.76. The van der Waals surface area contributed by atoms with Crippen LogP contribution in [-0.2, 0) is 0 Å². The van der Waals surface area contributed by atoms with Crippen molar-refractivity contribution >= 4 is 17.4 Å². The van der Waals surface area contributed by atoms with E-state index in [1.165, 1.54) is 19.3 Å². The predicted molar refractivity (Wildman–Crippen MR) is 77.1 cm³/mol. The number of alkyl halides is 1. The van der Waals surface area contributed by atoms with E-state index in [1.54, 1.807) is 6.20 Å². The SMILES string of the molecule is O=c1c(N(CCCCl)C2CCC2)nccn1C1CC1. The summed E-state index contributed by atoms with van der Waals surface area (Å²) in [5.74, 6) is 1.26. The van der Waals surface area contributed by atoms with Crippen LogP contribution >= 0.6 is 11.6 Å². The molecule has 104 valence electrons. The third-order valence-electron chi connectivity index (χ3n) is 4.11. The molecule has 3 rings (SSSR count). The molecule has 19 heavy (non-hydrogen) atoms. The van der Waals surface area contributed by atoms with E-state index in [2.05, 4.69) is 9.88 Å². The van der Waals surface area contributed by atoms with E-state index < -0.39 is 0 Å². The highest BCUT2D eigenvalue weighted by Gasteiger charge is 2.30. The minimum Gasteiger partial charge on any atom is -0.349 e. The Kier molecular flexibility index (Phi) is 3.78. The second-order valence-electron chi connectivity index (χ2n) is 5.52. The van der Waals surface area contributed by atoms with Gasteiger partial charge < -0.3 is 9.47 Å². The van der Waals surface area contributed by atoms with Crippen LogP contribution in [0.5, 0.6) is 0 Å². The molecular weight excluding hydrogens is 262 g/mol. The van der Waals surface area contributed by atoms with Crippen molar-refractivity contribution < 1.29 is 0 Å². The number of hydrogen-bond acceptors (Lipinski definition) is 3. The second-order valence-corrected chi connectivity index (χ2v) is 5.89. The molecule has 1 aromatic rings. The van der Waals surface area contributed by atoms with Gasteiger partial charge in [0.1, 0.15) is 0 Å². The van der Waals surface area contributed by atoms with Gasteiger partial charge in [-0.25, -0.2) is 4.98 Å². The molecule has 0 saturated heterocycles. The van der Waals surface area contributed by atoms with E-state index in [9.17, 15) is 4.79 Å². The zero-order valence-corrected chi connectivity index (χ0v) is 11.9. The Balaban J connectivity index is 1.88. The maximum Gasteiger partial charge on any atom is 0.293 e. The largest absolute Gasteiger partial charge is 0.349 e. The maximum atomic E-state index is 12.5. The standard InChI is InChI=1S/C14H20ClN3O/c15-7-2-9-17(11-3-1-4-11)13-14(19)18(10-8-16-13)12-5-6-12/h8,10-12H,1-7,9H2. The van der Waals surface area contributed by atoms with Crippen LogP contribution in [0.15, 0.2) is 17.2 Å².